The highest BCUT2D eigenvalue weighted by atomic mass is 19.4. The first-order valence-electron chi connectivity index (χ1n) is 8.47. The van der Waals surface area contributed by atoms with E-state index in [2.05, 4.69) is 10.3 Å². The molecule has 0 amide bonds. The van der Waals surface area contributed by atoms with Crippen molar-refractivity contribution in [3.63, 3.8) is 0 Å². The first-order chi connectivity index (χ1) is 12.4. The summed E-state index contributed by atoms with van der Waals surface area (Å²) in [5.74, 6) is 0.734. The van der Waals surface area contributed by atoms with E-state index in [0.717, 1.165) is 27.8 Å². The highest BCUT2D eigenvalue weighted by molar-refractivity contribution is 5.84. The summed E-state index contributed by atoms with van der Waals surface area (Å²) in [6, 6.07) is 15.3. The fraction of sp³-hybridized carbons (Fsp3) is 0.300. The second-order valence-electron chi connectivity index (χ2n) is 6.40. The van der Waals surface area contributed by atoms with Gasteiger partial charge in [-0.25, -0.2) is 0 Å². The second-order valence-corrected chi connectivity index (χ2v) is 6.40. The van der Waals surface area contributed by atoms with E-state index in [0.29, 0.717) is 13.0 Å². The molecule has 0 aliphatic carbocycles. The molecule has 2 N–H and O–H groups in total. The highest BCUT2D eigenvalue weighted by Gasteiger charge is 2.27. The average molecular weight is 362 g/mol. The zero-order chi connectivity index (χ0) is 18.6. The van der Waals surface area contributed by atoms with Crippen LogP contribution in [0.15, 0.2) is 54.7 Å². The summed E-state index contributed by atoms with van der Waals surface area (Å²) in [5, 5.41) is 3.49. The number of alkyl halides is 3. The molecule has 0 spiro atoms. The first kappa shape index (κ1) is 18.3. The van der Waals surface area contributed by atoms with Crippen LogP contribution in [-0.4, -0.2) is 23.7 Å². The molecule has 1 aromatic heterocycles. The van der Waals surface area contributed by atoms with Gasteiger partial charge in [-0.15, -0.1) is 0 Å². The van der Waals surface area contributed by atoms with Crippen LogP contribution in [0.1, 0.15) is 18.1 Å². The van der Waals surface area contributed by atoms with Gasteiger partial charge in [0.15, 0.2) is 0 Å². The van der Waals surface area contributed by atoms with E-state index < -0.39 is 12.7 Å². The summed E-state index contributed by atoms with van der Waals surface area (Å²) in [4.78, 5) is 3.16. The van der Waals surface area contributed by atoms with Gasteiger partial charge < -0.3 is 15.0 Å². The monoisotopic (exact) mass is 362 g/mol. The van der Waals surface area contributed by atoms with Crippen molar-refractivity contribution < 1.29 is 17.9 Å². The lowest BCUT2D eigenvalue weighted by Gasteiger charge is -2.15. The summed E-state index contributed by atoms with van der Waals surface area (Å²) in [6.45, 7) is 1.23. The molecule has 6 heteroatoms. The molecule has 3 aromatic rings. The van der Waals surface area contributed by atoms with Crippen LogP contribution in [0.25, 0.3) is 10.9 Å². The van der Waals surface area contributed by atoms with Gasteiger partial charge >= 0.3 is 6.18 Å². The van der Waals surface area contributed by atoms with Crippen molar-refractivity contribution in [2.24, 2.45) is 0 Å². The Bertz CT molecular complexity index is 843. The first-order valence-corrected chi connectivity index (χ1v) is 8.47. The number of benzene rings is 2. The molecule has 0 fully saturated rings. The van der Waals surface area contributed by atoms with Crippen LogP contribution in [0.5, 0.6) is 5.75 Å². The summed E-state index contributed by atoms with van der Waals surface area (Å²) >= 11 is 0. The molecule has 3 nitrogen and oxygen atoms in total. The maximum atomic E-state index is 12.3. The number of hydrogen-bond donors (Lipinski definition) is 2. The summed E-state index contributed by atoms with van der Waals surface area (Å²) in [6.07, 6.45) is -1.86. The number of aromatic nitrogens is 1. The van der Waals surface area contributed by atoms with E-state index in [1.54, 1.807) is 6.92 Å². The van der Waals surface area contributed by atoms with E-state index in [1.165, 1.54) is 0 Å². The molecule has 0 aliphatic rings. The molecule has 0 aliphatic heterocycles. The SMILES string of the molecule is C[C@H](Cc1c[nH]c2ccc(OCc3ccccc3)cc12)NCC(F)(F)F. The van der Waals surface area contributed by atoms with Gasteiger partial charge in [-0.2, -0.15) is 13.2 Å². The van der Waals surface area contributed by atoms with Gasteiger partial charge in [-0.3, -0.25) is 0 Å². The minimum atomic E-state index is -4.20. The third kappa shape index (κ3) is 5.02. The number of aromatic amines is 1. The molecule has 26 heavy (non-hydrogen) atoms. The zero-order valence-corrected chi connectivity index (χ0v) is 14.4. The van der Waals surface area contributed by atoms with Crippen molar-refractivity contribution in [2.75, 3.05) is 6.54 Å². The van der Waals surface area contributed by atoms with E-state index in [9.17, 15) is 13.2 Å². The molecule has 1 atom stereocenters. The van der Waals surface area contributed by atoms with Gasteiger partial charge in [0, 0.05) is 23.1 Å². The summed E-state index contributed by atoms with van der Waals surface area (Å²) in [5.41, 5.74) is 2.98. The summed E-state index contributed by atoms with van der Waals surface area (Å²) < 4.78 is 42.9. The molecule has 0 saturated carbocycles. The average Bonchev–Trinajstić information content (AvgIpc) is 3.01. The maximum Gasteiger partial charge on any atom is 0.401 e. The predicted molar refractivity (Wildman–Crippen MR) is 96.3 cm³/mol. The van der Waals surface area contributed by atoms with Gasteiger partial charge in [-0.1, -0.05) is 30.3 Å². The summed E-state index contributed by atoms with van der Waals surface area (Å²) in [7, 11) is 0. The number of ether oxygens (including phenoxy) is 1. The van der Waals surface area contributed by atoms with Crippen molar-refractivity contribution in [1.82, 2.24) is 10.3 Å². The van der Waals surface area contributed by atoms with Crippen LogP contribution in [0, 0.1) is 0 Å². The van der Waals surface area contributed by atoms with Crippen molar-refractivity contribution >= 4 is 10.9 Å². The zero-order valence-electron chi connectivity index (χ0n) is 14.4. The Morgan fingerprint density at radius 2 is 1.88 bits per heavy atom. The quantitative estimate of drug-likeness (QED) is 0.632. The lowest BCUT2D eigenvalue weighted by molar-refractivity contribution is -0.126. The molecule has 0 unspecified atom stereocenters. The van der Waals surface area contributed by atoms with Gasteiger partial charge in [0.1, 0.15) is 12.4 Å². The van der Waals surface area contributed by atoms with Crippen LogP contribution in [0.3, 0.4) is 0 Å². The van der Waals surface area contributed by atoms with Crippen LogP contribution in [0.2, 0.25) is 0 Å². The lowest BCUT2D eigenvalue weighted by Crippen LogP contribution is -2.36. The molecule has 1 heterocycles. The smallest absolute Gasteiger partial charge is 0.401 e. The van der Waals surface area contributed by atoms with Gasteiger partial charge in [-0.05, 0) is 42.7 Å². The van der Waals surface area contributed by atoms with Crippen molar-refractivity contribution in [3.05, 3.63) is 65.9 Å². The lowest BCUT2D eigenvalue weighted by atomic mass is 10.1. The normalized spacial score (nSPS) is 13.1. The highest BCUT2D eigenvalue weighted by Crippen LogP contribution is 2.25. The number of halogens is 3. The fourth-order valence-electron chi connectivity index (χ4n) is 2.85. The Morgan fingerprint density at radius 1 is 1.12 bits per heavy atom. The number of fused-ring (bicyclic) bond motifs is 1. The fourth-order valence-corrected chi connectivity index (χ4v) is 2.85. The maximum absolute atomic E-state index is 12.3. The third-order valence-corrected chi connectivity index (χ3v) is 4.16. The van der Waals surface area contributed by atoms with Crippen LogP contribution in [-0.2, 0) is 13.0 Å². The van der Waals surface area contributed by atoms with Crippen LogP contribution in [0.4, 0.5) is 13.2 Å². The Kier molecular flexibility index (Phi) is 5.52. The van der Waals surface area contributed by atoms with Crippen LogP contribution < -0.4 is 10.1 Å². The second kappa shape index (κ2) is 7.83. The number of nitrogens with one attached hydrogen (secondary N) is 2. The Morgan fingerprint density at radius 3 is 2.62 bits per heavy atom. The Balaban J connectivity index is 1.67. The molecule has 0 bridgehead atoms. The molecular formula is C20H21F3N2O. The number of hydrogen-bond acceptors (Lipinski definition) is 2. The molecule has 3 rings (SSSR count). The Hall–Kier alpha value is -2.47. The Labute approximate surface area is 150 Å². The van der Waals surface area contributed by atoms with Gasteiger partial charge in [0.05, 0.1) is 6.54 Å². The van der Waals surface area contributed by atoms with Crippen molar-refractivity contribution in [1.29, 1.82) is 0 Å². The van der Waals surface area contributed by atoms with E-state index in [4.69, 9.17) is 4.74 Å². The van der Waals surface area contributed by atoms with E-state index >= 15 is 0 Å². The minimum absolute atomic E-state index is 0.287. The third-order valence-electron chi connectivity index (χ3n) is 4.16. The number of rotatable bonds is 7. The van der Waals surface area contributed by atoms with Crippen LogP contribution >= 0.6 is 0 Å². The molecule has 0 saturated heterocycles. The minimum Gasteiger partial charge on any atom is -0.489 e. The number of H-pyrrole nitrogens is 1. The predicted octanol–water partition coefficient (Wildman–Crippen LogP) is 4.83. The molecule has 138 valence electrons. The topological polar surface area (TPSA) is 37.0 Å². The van der Waals surface area contributed by atoms with Gasteiger partial charge in [0.2, 0.25) is 0 Å². The molecule has 0 radical (unpaired) electrons. The van der Waals surface area contributed by atoms with E-state index in [1.807, 2.05) is 54.7 Å². The van der Waals surface area contributed by atoms with E-state index in [-0.39, 0.29) is 6.04 Å². The molecule has 2 aromatic carbocycles. The van der Waals surface area contributed by atoms with Crippen molar-refractivity contribution in [2.45, 2.75) is 32.2 Å². The largest absolute Gasteiger partial charge is 0.489 e. The van der Waals surface area contributed by atoms with Crippen molar-refractivity contribution in [3.8, 4) is 5.75 Å². The van der Waals surface area contributed by atoms with Gasteiger partial charge in [0.25, 0.3) is 0 Å². The standard InChI is InChI=1S/C20H21F3N2O/c1-14(25-13-20(21,22)23)9-16-11-24-19-8-7-17(10-18(16)19)26-12-15-5-3-2-4-6-15/h2-8,10-11,14,24-25H,9,12-13H2,1H3/t14-/m1/s1. The molecular weight excluding hydrogens is 341 g/mol.